The van der Waals surface area contributed by atoms with E-state index in [2.05, 4.69) is 16.5 Å². The van der Waals surface area contributed by atoms with Gasteiger partial charge in [0.1, 0.15) is 0 Å². The van der Waals surface area contributed by atoms with Crippen LogP contribution in [0.15, 0.2) is 17.9 Å². The van der Waals surface area contributed by atoms with Gasteiger partial charge in [-0.15, -0.1) is 0 Å². The van der Waals surface area contributed by atoms with Crippen LogP contribution >= 0.6 is 11.8 Å². The lowest BCUT2D eigenvalue weighted by atomic mass is 10.3. The van der Waals surface area contributed by atoms with Gasteiger partial charge in [-0.05, 0) is 6.26 Å². The predicted octanol–water partition coefficient (Wildman–Crippen LogP) is 2.22. The molecule has 1 aromatic rings. The number of hydroxylamine groups is 1. The van der Waals surface area contributed by atoms with E-state index >= 15 is 0 Å². The first kappa shape index (κ1) is 14.6. The first-order chi connectivity index (χ1) is 7.72. The quantitative estimate of drug-likeness (QED) is 0.288. The van der Waals surface area contributed by atoms with E-state index in [0.29, 0.717) is 15.8 Å². The first-order valence-electron chi connectivity index (χ1n) is 4.69. The van der Waals surface area contributed by atoms with Crippen LogP contribution < -0.4 is 5.06 Å². The lowest BCUT2D eigenvalue weighted by Gasteiger charge is -2.10. The average molecular weight is 241 g/mol. The van der Waals surface area contributed by atoms with Crippen LogP contribution in [0.5, 0.6) is 0 Å². The number of carbonyl (C=O) groups excluding carboxylic acids is 1. The summed E-state index contributed by atoms with van der Waals surface area (Å²) in [5.41, 5.74) is 0.498. The van der Waals surface area contributed by atoms with E-state index in [0.717, 1.165) is 0 Å². The van der Waals surface area contributed by atoms with Gasteiger partial charge < -0.3 is 0 Å². The molecule has 0 saturated heterocycles. The standard InChI is InChI=1S/C8H9N3O2S.C2H6/c1-3-6-4-9-8(14-2)10-7(6)11(13)5-12;1-2/h3-5,13H,1H2,2H3;1-2H3. The summed E-state index contributed by atoms with van der Waals surface area (Å²) in [6.07, 6.45) is 5.02. The minimum Gasteiger partial charge on any atom is -0.280 e. The van der Waals surface area contributed by atoms with Gasteiger partial charge in [0.25, 0.3) is 0 Å². The molecule has 1 rings (SSSR count). The molecule has 0 unspecified atom stereocenters. The molecule has 1 heterocycles. The van der Waals surface area contributed by atoms with Gasteiger partial charge in [-0.2, -0.15) is 5.06 Å². The van der Waals surface area contributed by atoms with Crippen LogP contribution in [-0.2, 0) is 4.79 Å². The maximum absolute atomic E-state index is 10.3. The third-order valence-corrected chi connectivity index (χ3v) is 2.06. The molecule has 0 aromatic carbocycles. The smallest absolute Gasteiger partial charge is 0.239 e. The van der Waals surface area contributed by atoms with E-state index in [9.17, 15) is 10.0 Å². The molecular weight excluding hydrogens is 226 g/mol. The van der Waals surface area contributed by atoms with Crippen LogP contribution in [0.1, 0.15) is 19.4 Å². The summed E-state index contributed by atoms with van der Waals surface area (Å²) >= 11 is 1.32. The number of hydrogen-bond acceptors (Lipinski definition) is 5. The SMILES string of the molecule is C=Cc1cnc(SC)nc1N(O)C=O.CC. The fourth-order valence-corrected chi connectivity index (χ4v) is 1.18. The molecule has 0 aliphatic rings. The summed E-state index contributed by atoms with van der Waals surface area (Å²) < 4.78 is 0. The molecule has 5 nitrogen and oxygen atoms in total. The second kappa shape index (κ2) is 7.84. The number of nitrogens with zero attached hydrogens (tertiary/aromatic N) is 3. The van der Waals surface area contributed by atoms with E-state index < -0.39 is 0 Å². The Morgan fingerprint density at radius 2 is 2.19 bits per heavy atom. The summed E-state index contributed by atoms with van der Waals surface area (Å²) in [5.74, 6) is 0.134. The summed E-state index contributed by atoms with van der Waals surface area (Å²) in [7, 11) is 0. The molecule has 16 heavy (non-hydrogen) atoms. The van der Waals surface area contributed by atoms with E-state index in [1.165, 1.54) is 24.0 Å². The topological polar surface area (TPSA) is 66.3 Å². The molecule has 0 fully saturated rings. The Hall–Kier alpha value is -1.40. The van der Waals surface area contributed by atoms with Gasteiger partial charge in [-0.3, -0.25) is 10.0 Å². The molecule has 0 aliphatic heterocycles. The van der Waals surface area contributed by atoms with Gasteiger partial charge in [0.15, 0.2) is 11.0 Å². The van der Waals surface area contributed by atoms with E-state index in [1.54, 1.807) is 6.26 Å². The second-order valence-electron chi connectivity index (χ2n) is 2.29. The Balaban J connectivity index is 0.00000106. The molecule has 0 atom stereocenters. The van der Waals surface area contributed by atoms with Crippen molar-refractivity contribution in [2.24, 2.45) is 0 Å². The average Bonchev–Trinajstić information content (AvgIpc) is 2.39. The van der Waals surface area contributed by atoms with E-state index in [-0.39, 0.29) is 12.2 Å². The highest BCUT2D eigenvalue weighted by Gasteiger charge is 2.09. The Morgan fingerprint density at radius 1 is 1.56 bits per heavy atom. The van der Waals surface area contributed by atoms with Crippen molar-refractivity contribution in [2.45, 2.75) is 19.0 Å². The predicted molar refractivity (Wildman–Crippen MR) is 65.6 cm³/mol. The molecule has 1 amide bonds. The van der Waals surface area contributed by atoms with Gasteiger partial charge in [0.05, 0.1) is 0 Å². The maximum atomic E-state index is 10.3. The normalized spacial score (nSPS) is 8.75. The van der Waals surface area contributed by atoms with Crippen molar-refractivity contribution in [3.8, 4) is 0 Å². The van der Waals surface area contributed by atoms with Gasteiger partial charge in [-0.25, -0.2) is 9.97 Å². The summed E-state index contributed by atoms with van der Waals surface area (Å²) in [6.45, 7) is 7.52. The fourth-order valence-electron chi connectivity index (χ4n) is 0.842. The number of carbonyl (C=O) groups is 1. The van der Waals surface area contributed by atoms with Crippen LogP contribution in [-0.4, -0.2) is 27.8 Å². The summed E-state index contributed by atoms with van der Waals surface area (Å²) in [6, 6.07) is 0. The summed E-state index contributed by atoms with van der Waals surface area (Å²) in [4.78, 5) is 18.3. The highest BCUT2D eigenvalue weighted by atomic mass is 32.2. The van der Waals surface area contributed by atoms with Crippen molar-refractivity contribution in [1.82, 2.24) is 9.97 Å². The van der Waals surface area contributed by atoms with Gasteiger partial charge >= 0.3 is 0 Å². The lowest BCUT2D eigenvalue weighted by molar-refractivity contribution is -0.111. The first-order valence-corrected chi connectivity index (χ1v) is 5.92. The van der Waals surface area contributed by atoms with E-state index in [4.69, 9.17) is 0 Å². The number of aromatic nitrogens is 2. The number of anilines is 1. The maximum Gasteiger partial charge on any atom is 0.239 e. The third kappa shape index (κ3) is 3.63. The minimum absolute atomic E-state index is 0.134. The van der Waals surface area contributed by atoms with Crippen molar-refractivity contribution >= 4 is 30.1 Å². The molecule has 1 aromatic heterocycles. The molecule has 0 bridgehead atoms. The minimum atomic E-state index is 0.134. The van der Waals surface area contributed by atoms with Gasteiger partial charge in [-0.1, -0.05) is 38.3 Å². The summed E-state index contributed by atoms with van der Waals surface area (Å²) in [5, 5.41) is 10.1. The van der Waals surface area contributed by atoms with Crippen molar-refractivity contribution in [3.63, 3.8) is 0 Å². The van der Waals surface area contributed by atoms with Crippen molar-refractivity contribution in [1.29, 1.82) is 0 Å². The van der Waals surface area contributed by atoms with Crippen LogP contribution in [0.3, 0.4) is 0 Å². The van der Waals surface area contributed by atoms with Crippen molar-refractivity contribution in [3.05, 3.63) is 18.3 Å². The van der Waals surface area contributed by atoms with Crippen LogP contribution in [0.4, 0.5) is 5.82 Å². The van der Waals surface area contributed by atoms with Crippen LogP contribution in [0.2, 0.25) is 0 Å². The van der Waals surface area contributed by atoms with Gasteiger partial charge in [0, 0.05) is 11.8 Å². The van der Waals surface area contributed by atoms with Crippen molar-refractivity contribution < 1.29 is 10.0 Å². The fraction of sp³-hybridized carbons (Fsp3) is 0.300. The molecule has 6 heteroatoms. The largest absolute Gasteiger partial charge is 0.280 e. The Bertz CT molecular complexity index is 358. The van der Waals surface area contributed by atoms with Gasteiger partial charge in [0.2, 0.25) is 6.41 Å². The molecule has 0 radical (unpaired) electrons. The highest BCUT2D eigenvalue weighted by molar-refractivity contribution is 7.98. The molecule has 0 spiro atoms. The second-order valence-corrected chi connectivity index (χ2v) is 3.06. The molecular formula is C10H15N3O2S. The number of thioether (sulfide) groups is 1. The molecule has 0 aliphatic carbocycles. The highest BCUT2D eigenvalue weighted by Crippen LogP contribution is 2.19. The number of amides is 1. The molecule has 1 N–H and O–H groups in total. The monoisotopic (exact) mass is 241 g/mol. The van der Waals surface area contributed by atoms with Crippen LogP contribution in [0, 0.1) is 0 Å². The van der Waals surface area contributed by atoms with Crippen molar-refractivity contribution in [2.75, 3.05) is 11.3 Å². The number of hydrogen-bond donors (Lipinski definition) is 1. The third-order valence-electron chi connectivity index (χ3n) is 1.49. The Kier molecular flexibility index (Phi) is 7.15. The zero-order valence-electron chi connectivity index (χ0n) is 9.54. The lowest BCUT2D eigenvalue weighted by Crippen LogP contribution is -2.18. The van der Waals surface area contributed by atoms with E-state index in [1.807, 2.05) is 13.8 Å². The molecule has 0 saturated carbocycles. The Labute approximate surface area is 99.2 Å². The Morgan fingerprint density at radius 3 is 2.62 bits per heavy atom. The molecule has 88 valence electrons. The zero-order chi connectivity index (χ0) is 12.6. The number of rotatable bonds is 4. The zero-order valence-corrected chi connectivity index (χ0v) is 10.4. The van der Waals surface area contributed by atoms with Crippen LogP contribution in [0.25, 0.3) is 6.08 Å².